The molecule has 0 aromatic heterocycles. The van der Waals surface area contributed by atoms with E-state index in [0.717, 1.165) is 0 Å². The number of ether oxygens (including phenoxy) is 2. The molecule has 0 heterocycles. The summed E-state index contributed by atoms with van der Waals surface area (Å²) in [5, 5.41) is 5.21. The van der Waals surface area contributed by atoms with Gasteiger partial charge in [-0.2, -0.15) is 0 Å². The fraction of sp³-hybridized carbons (Fsp3) is 0.421. The highest BCUT2D eigenvalue weighted by Crippen LogP contribution is 2.25. The van der Waals surface area contributed by atoms with Crippen LogP contribution >= 0.6 is 0 Å². The van der Waals surface area contributed by atoms with E-state index in [1.54, 1.807) is 39.0 Å². The van der Waals surface area contributed by atoms with Gasteiger partial charge in [0.25, 0.3) is 0 Å². The minimum atomic E-state index is -0.637. The lowest BCUT2D eigenvalue weighted by atomic mass is 10.1. The summed E-state index contributed by atoms with van der Waals surface area (Å²) in [6, 6.07) is 4.90. The zero-order chi connectivity index (χ0) is 20.3. The fourth-order valence-corrected chi connectivity index (χ4v) is 1.71. The number of anilines is 2. The molecule has 1 aromatic rings. The lowest BCUT2D eigenvalue weighted by Crippen LogP contribution is -2.27. The minimum Gasteiger partial charge on any atom is -0.466 e. The van der Waals surface area contributed by atoms with Crippen LogP contribution in [0.1, 0.15) is 47.1 Å². The summed E-state index contributed by atoms with van der Waals surface area (Å²) >= 11 is 0. The highest BCUT2D eigenvalue weighted by atomic mass is 16.6. The monoisotopic (exact) mass is 364 g/mol. The predicted molar refractivity (Wildman–Crippen MR) is 103 cm³/mol. The zero-order valence-corrected chi connectivity index (χ0v) is 16.4. The van der Waals surface area contributed by atoms with E-state index >= 15 is 0 Å². The Morgan fingerprint density at radius 3 is 2.15 bits per heavy atom. The van der Waals surface area contributed by atoms with Gasteiger partial charge in [0.05, 0.1) is 18.5 Å². The number of benzene rings is 1. The zero-order valence-electron chi connectivity index (χ0n) is 16.4. The van der Waals surface area contributed by atoms with E-state index in [2.05, 4.69) is 15.4 Å². The average molecular weight is 364 g/mol. The standard InChI is InChI=1S/C17H22N2O5.C2H6/c1-11(20)18-14-10-12(7-9-15(21)23-5)6-8-13(14)19-16(22)24-17(2,3)4;1-2/h6-10H,1-5H3,(H,18,20)(H,19,22);1-2H3/b9-7+;. The molecular weight excluding hydrogens is 336 g/mol. The van der Waals surface area contributed by atoms with Crippen LogP contribution in [-0.2, 0) is 19.1 Å². The molecule has 0 aliphatic rings. The average Bonchev–Trinajstić information content (AvgIpc) is 2.54. The van der Waals surface area contributed by atoms with Gasteiger partial charge in [0.1, 0.15) is 5.60 Å². The molecule has 7 nitrogen and oxygen atoms in total. The summed E-state index contributed by atoms with van der Waals surface area (Å²) < 4.78 is 9.71. The normalized spacial score (nSPS) is 10.4. The lowest BCUT2D eigenvalue weighted by molar-refractivity contribution is -0.134. The Bertz CT molecular complexity index is 660. The molecule has 0 bridgehead atoms. The third-order valence-electron chi connectivity index (χ3n) is 2.60. The maximum Gasteiger partial charge on any atom is 0.412 e. The van der Waals surface area contributed by atoms with Crippen LogP contribution in [0.25, 0.3) is 6.08 Å². The Kier molecular flexibility index (Phi) is 9.73. The van der Waals surface area contributed by atoms with Crippen molar-refractivity contribution in [2.45, 2.75) is 47.1 Å². The van der Waals surface area contributed by atoms with Gasteiger partial charge < -0.3 is 14.8 Å². The van der Waals surface area contributed by atoms with Gasteiger partial charge in [-0.15, -0.1) is 0 Å². The topological polar surface area (TPSA) is 93.7 Å². The van der Waals surface area contributed by atoms with Gasteiger partial charge in [-0.3, -0.25) is 10.1 Å². The van der Waals surface area contributed by atoms with Crippen LogP contribution < -0.4 is 10.6 Å². The number of hydrogen-bond donors (Lipinski definition) is 2. The smallest absolute Gasteiger partial charge is 0.412 e. The first-order valence-electron chi connectivity index (χ1n) is 8.28. The van der Waals surface area contributed by atoms with Crippen LogP contribution in [0.15, 0.2) is 24.3 Å². The molecule has 0 radical (unpaired) electrons. The van der Waals surface area contributed by atoms with Gasteiger partial charge >= 0.3 is 12.1 Å². The number of amides is 2. The van der Waals surface area contributed by atoms with Gasteiger partial charge in [-0.05, 0) is 44.5 Å². The predicted octanol–water partition coefficient (Wildman–Crippen LogP) is 4.20. The molecule has 2 N–H and O–H groups in total. The molecule has 0 aliphatic heterocycles. The molecule has 144 valence electrons. The van der Waals surface area contributed by atoms with E-state index in [9.17, 15) is 14.4 Å². The van der Waals surface area contributed by atoms with Crippen LogP contribution in [0.3, 0.4) is 0 Å². The molecule has 7 heteroatoms. The van der Waals surface area contributed by atoms with E-state index in [1.165, 1.54) is 26.2 Å². The first-order valence-corrected chi connectivity index (χ1v) is 8.28. The molecule has 0 aliphatic carbocycles. The molecule has 0 spiro atoms. The Morgan fingerprint density at radius 1 is 1.04 bits per heavy atom. The largest absolute Gasteiger partial charge is 0.466 e. The SMILES string of the molecule is CC.COC(=O)/C=C/c1ccc(NC(=O)OC(C)(C)C)c(NC(C)=O)c1. The molecule has 0 saturated carbocycles. The number of rotatable bonds is 4. The Hall–Kier alpha value is -2.83. The third-order valence-corrected chi connectivity index (χ3v) is 2.60. The fourth-order valence-electron chi connectivity index (χ4n) is 1.71. The van der Waals surface area contributed by atoms with Crippen LogP contribution in [0.4, 0.5) is 16.2 Å². The molecule has 2 amide bonds. The van der Waals surface area contributed by atoms with E-state index in [1.807, 2.05) is 13.8 Å². The second-order valence-corrected chi connectivity index (χ2v) is 5.97. The molecular formula is C19H28N2O5. The van der Waals surface area contributed by atoms with Gasteiger partial charge in [0.2, 0.25) is 5.91 Å². The van der Waals surface area contributed by atoms with Crippen molar-refractivity contribution in [2.75, 3.05) is 17.7 Å². The maximum absolute atomic E-state index is 11.9. The van der Waals surface area contributed by atoms with Gasteiger partial charge in [0.15, 0.2) is 0 Å². The van der Waals surface area contributed by atoms with Crippen LogP contribution in [0, 0.1) is 0 Å². The molecule has 26 heavy (non-hydrogen) atoms. The van der Waals surface area contributed by atoms with Crippen molar-refractivity contribution >= 4 is 35.4 Å². The van der Waals surface area contributed by atoms with Gasteiger partial charge in [-0.25, -0.2) is 9.59 Å². The first kappa shape index (κ1) is 23.2. The summed E-state index contributed by atoms with van der Waals surface area (Å²) in [6.07, 6.45) is 2.16. The van der Waals surface area contributed by atoms with Crippen molar-refractivity contribution in [3.8, 4) is 0 Å². The van der Waals surface area contributed by atoms with Crippen molar-refractivity contribution in [1.82, 2.24) is 0 Å². The summed E-state index contributed by atoms with van der Waals surface area (Å²) in [7, 11) is 1.28. The van der Waals surface area contributed by atoms with Crippen molar-refractivity contribution < 1.29 is 23.9 Å². The number of hydrogen-bond acceptors (Lipinski definition) is 5. The van der Waals surface area contributed by atoms with E-state index in [0.29, 0.717) is 16.9 Å². The Labute approximate surface area is 154 Å². The van der Waals surface area contributed by atoms with Crippen molar-refractivity contribution in [1.29, 1.82) is 0 Å². The second kappa shape index (κ2) is 10.9. The summed E-state index contributed by atoms with van der Waals surface area (Å²) in [5.41, 5.74) is 0.787. The van der Waals surface area contributed by atoms with Gasteiger partial charge in [0, 0.05) is 13.0 Å². The quantitative estimate of drug-likeness (QED) is 0.617. The summed E-state index contributed by atoms with van der Waals surface area (Å²) in [4.78, 5) is 34.4. The lowest BCUT2D eigenvalue weighted by Gasteiger charge is -2.20. The second-order valence-electron chi connectivity index (χ2n) is 5.97. The van der Waals surface area contributed by atoms with Crippen molar-refractivity contribution in [2.24, 2.45) is 0 Å². The van der Waals surface area contributed by atoms with Crippen molar-refractivity contribution in [3.63, 3.8) is 0 Å². The summed E-state index contributed by atoms with van der Waals surface area (Å²) in [6.45, 7) is 10.6. The Morgan fingerprint density at radius 2 is 1.65 bits per heavy atom. The highest BCUT2D eigenvalue weighted by Gasteiger charge is 2.17. The molecule has 0 unspecified atom stereocenters. The number of carbonyl (C=O) groups excluding carboxylic acids is 3. The molecule has 0 atom stereocenters. The van der Waals surface area contributed by atoms with Crippen LogP contribution in [-0.4, -0.2) is 30.7 Å². The summed E-state index contributed by atoms with van der Waals surface area (Å²) in [5.74, 6) is -0.789. The molecule has 0 saturated heterocycles. The molecule has 1 rings (SSSR count). The molecule has 0 fully saturated rings. The third kappa shape index (κ3) is 9.46. The molecule has 1 aromatic carbocycles. The van der Waals surface area contributed by atoms with Crippen molar-refractivity contribution in [3.05, 3.63) is 29.8 Å². The first-order chi connectivity index (χ1) is 12.1. The number of carbonyl (C=O) groups is 3. The van der Waals surface area contributed by atoms with Crippen LogP contribution in [0.2, 0.25) is 0 Å². The highest BCUT2D eigenvalue weighted by molar-refractivity contribution is 5.97. The number of methoxy groups -OCH3 is 1. The van der Waals surface area contributed by atoms with Gasteiger partial charge in [-0.1, -0.05) is 19.9 Å². The minimum absolute atomic E-state index is 0.295. The van der Waals surface area contributed by atoms with E-state index in [4.69, 9.17) is 4.74 Å². The Balaban J connectivity index is 0.00000301. The van der Waals surface area contributed by atoms with Crippen LogP contribution in [0.5, 0.6) is 0 Å². The van der Waals surface area contributed by atoms with E-state index < -0.39 is 17.7 Å². The maximum atomic E-state index is 11.9. The number of nitrogens with one attached hydrogen (secondary N) is 2. The van der Waals surface area contributed by atoms with E-state index in [-0.39, 0.29) is 5.91 Å². The number of esters is 1.